The topological polar surface area (TPSA) is 86.2 Å². The molecule has 0 radical (unpaired) electrons. The zero-order valence-corrected chi connectivity index (χ0v) is 14.6. The molecular weight excluding hydrogens is 351 g/mol. The van der Waals surface area contributed by atoms with Gasteiger partial charge in [0.1, 0.15) is 5.82 Å². The van der Waals surface area contributed by atoms with E-state index in [1.807, 2.05) is 0 Å². The van der Waals surface area contributed by atoms with Gasteiger partial charge in [0.2, 0.25) is 5.75 Å². The molecule has 0 amide bonds. The summed E-state index contributed by atoms with van der Waals surface area (Å²) >= 11 is 0. The van der Waals surface area contributed by atoms with Gasteiger partial charge in [-0.1, -0.05) is 0 Å². The van der Waals surface area contributed by atoms with Crippen molar-refractivity contribution in [1.82, 2.24) is 4.83 Å². The van der Waals surface area contributed by atoms with Crippen molar-refractivity contribution in [3.63, 3.8) is 0 Å². The Morgan fingerprint density at radius 3 is 2.04 bits per heavy atom. The largest absolute Gasteiger partial charge is 0.493 e. The lowest BCUT2D eigenvalue weighted by atomic mass is 10.2. The van der Waals surface area contributed by atoms with Gasteiger partial charge in [0.05, 0.1) is 32.4 Å². The molecule has 1 N–H and O–H groups in total. The van der Waals surface area contributed by atoms with E-state index < -0.39 is 15.8 Å². The van der Waals surface area contributed by atoms with Crippen LogP contribution in [0.15, 0.2) is 46.4 Å². The molecule has 0 spiro atoms. The number of nitrogens with one attached hydrogen (secondary N) is 1. The molecule has 0 aliphatic heterocycles. The zero-order valence-electron chi connectivity index (χ0n) is 13.8. The van der Waals surface area contributed by atoms with Gasteiger partial charge in [-0.15, -0.1) is 0 Å². The lowest BCUT2D eigenvalue weighted by molar-refractivity contribution is 0.324. The summed E-state index contributed by atoms with van der Waals surface area (Å²) in [6, 6.07) is 7.61. The number of ether oxygens (including phenoxy) is 3. The summed E-state index contributed by atoms with van der Waals surface area (Å²) in [6.45, 7) is 0. The van der Waals surface area contributed by atoms with Crippen molar-refractivity contribution >= 4 is 16.2 Å². The molecule has 2 aromatic rings. The zero-order chi connectivity index (χ0) is 18.4. The lowest BCUT2D eigenvalue weighted by Crippen LogP contribution is -2.18. The standard InChI is InChI=1S/C16H17FN2O5S/c1-22-14-8-11(9-15(23-2)16(14)24-3)10-18-19-25(20,21)13-6-4-12(17)5-7-13/h4-10,19H,1-3H3/b18-10+. The van der Waals surface area contributed by atoms with Crippen LogP contribution in [0.2, 0.25) is 0 Å². The number of halogens is 1. The Balaban J connectivity index is 2.23. The monoisotopic (exact) mass is 368 g/mol. The van der Waals surface area contributed by atoms with Gasteiger partial charge in [-0.2, -0.15) is 13.5 Å². The first-order chi connectivity index (χ1) is 11.9. The molecule has 2 rings (SSSR count). The average Bonchev–Trinajstić information content (AvgIpc) is 2.61. The Bertz CT molecular complexity index is 842. The van der Waals surface area contributed by atoms with Crippen LogP contribution in [0.4, 0.5) is 4.39 Å². The van der Waals surface area contributed by atoms with Crippen molar-refractivity contribution in [1.29, 1.82) is 0 Å². The van der Waals surface area contributed by atoms with Crippen LogP contribution in [0, 0.1) is 5.82 Å². The number of hydrogen-bond acceptors (Lipinski definition) is 6. The van der Waals surface area contributed by atoms with Crippen LogP contribution in [0.1, 0.15) is 5.56 Å². The van der Waals surface area contributed by atoms with E-state index in [1.165, 1.54) is 27.5 Å². The summed E-state index contributed by atoms with van der Waals surface area (Å²) in [4.78, 5) is 1.95. The first-order valence-corrected chi connectivity index (χ1v) is 8.50. The Morgan fingerprint density at radius 2 is 1.56 bits per heavy atom. The third kappa shape index (κ3) is 4.38. The van der Waals surface area contributed by atoms with Crippen LogP contribution in [0.25, 0.3) is 0 Å². The first-order valence-electron chi connectivity index (χ1n) is 7.01. The second kappa shape index (κ2) is 7.84. The number of hydrogen-bond donors (Lipinski definition) is 1. The molecular formula is C16H17FN2O5S. The predicted octanol–water partition coefficient (Wildman–Crippen LogP) is 2.16. The Labute approximate surface area is 145 Å². The number of methoxy groups -OCH3 is 3. The van der Waals surface area contributed by atoms with E-state index in [4.69, 9.17) is 14.2 Å². The van der Waals surface area contributed by atoms with Gasteiger partial charge in [-0.05, 0) is 36.4 Å². The summed E-state index contributed by atoms with van der Waals surface area (Å²) < 4.78 is 52.6. The molecule has 0 atom stereocenters. The molecule has 134 valence electrons. The third-order valence-corrected chi connectivity index (χ3v) is 4.44. The fraction of sp³-hybridized carbons (Fsp3) is 0.188. The molecule has 0 heterocycles. The van der Waals surface area contributed by atoms with Crippen molar-refractivity contribution < 1.29 is 27.0 Å². The lowest BCUT2D eigenvalue weighted by Gasteiger charge is -2.12. The van der Waals surface area contributed by atoms with E-state index in [1.54, 1.807) is 12.1 Å². The highest BCUT2D eigenvalue weighted by molar-refractivity contribution is 7.89. The molecule has 25 heavy (non-hydrogen) atoms. The second-order valence-electron chi connectivity index (χ2n) is 4.77. The molecule has 0 aliphatic carbocycles. The number of benzene rings is 2. The van der Waals surface area contributed by atoms with Crippen LogP contribution in [0.5, 0.6) is 17.2 Å². The van der Waals surface area contributed by atoms with Crippen molar-refractivity contribution in [3.8, 4) is 17.2 Å². The maximum Gasteiger partial charge on any atom is 0.276 e. The van der Waals surface area contributed by atoms with Gasteiger partial charge in [0.25, 0.3) is 10.0 Å². The van der Waals surface area contributed by atoms with Gasteiger partial charge in [0, 0.05) is 5.56 Å². The van der Waals surface area contributed by atoms with Crippen LogP contribution >= 0.6 is 0 Å². The fourth-order valence-electron chi connectivity index (χ4n) is 2.01. The summed E-state index contributed by atoms with van der Waals surface area (Å²) in [6.07, 6.45) is 1.28. The predicted molar refractivity (Wildman–Crippen MR) is 90.4 cm³/mol. The van der Waals surface area contributed by atoms with Crippen molar-refractivity contribution in [2.75, 3.05) is 21.3 Å². The van der Waals surface area contributed by atoms with Crippen LogP contribution in [0.3, 0.4) is 0 Å². The first kappa shape index (κ1) is 18.5. The van der Waals surface area contributed by atoms with E-state index >= 15 is 0 Å². The van der Waals surface area contributed by atoms with Crippen molar-refractivity contribution in [2.45, 2.75) is 4.90 Å². The summed E-state index contributed by atoms with van der Waals surface area (Å²) in [7, 11) is 0.519. The van der Waals surface area contributed by atoms with E-state index in [9.17, 15) is 12.8 Å². The SMILES string of the molecule is COc1cc(/C=N/NS(=O)(=O)c2ccc(F)cc2)cc(OC)c1OC. The molecule has 9 heteroatoms. The maximum absolute atomic E-state index is 12.9. The molecule has 2 aromatic carbocycles. The van der Waals surface area contributed by atoms with Crippen molar-refractivity contribution in [2.24, 2.45) is 5.10 Å². The number of rotatable bonds is 7. The maximum atomic E-state index is 12.9. The van der Waals surface area contributed by atoms with Gasteiger partial charge < -0.3 is 14.2 Å². The van der Waals surface area contributed by atoms with Gasteiger partial charge in [-0.3, -0.25) is 0 Å². The van der Waals surface area contributed by atoms with Crippen LogP contribution in [-0.2, 0) is 10.0 Å². The minimum atomic E-state index is -3.89. The molecule has 0 aromatic heterocycles. The van der Waals surface area contributed by atoms with Crippen LogP contribution < -0.4 is 19.0 Å². The third-order valence-electron chi connectivity index (χ3n) is 3.20. The summed E-state index contributed by atoms with van der Waals surface area (Å²) in [5.74, 6) is 0.698. The van der Waals surface area contributed by atoms with Gasteiger partial charge in [0.15, 0.2) is 11.5 Å². The number of hydrazone groups is 1. The molecule has 0 fully saturated rings. The summed E-state index contributed by atoms with van der Waals surface area (Å²) in [5, 5.41) is 3.71. The molecule has 0 aliphatic rings. The quantitative estimate of drug-likeness (QED) is 0.598. The minimum Gasteiger partial charge on any atom is -0.493 e. The number of sulfonamides is 1. The van der Waals surface area contributed by atoms with Gasteiger partial charge >= 0.3 is 0 Å². The van der Waals surface area contributed by atoms with Crippen molar-refractivity contribution in [3.05, 3.63) is 47.8 Å². The fourth-order valence-corrected chi connectivity index (χ4v) is 2.80. The Hall–Kier alpha value is -2.81. The van der Waals surface area contributed by atoms with E-state index in [0.29, 0.717) is 22.8 Å². The Morgan fingerprint density at radius 1 is 1.00 bits per heavy atom. The van der Waals surface area contributed by atoms with E-state index in [-0.39, 0.29) is 4.90 Å². The normalized spacial score (nSPS) is 11.4. The van der Waals surface area contributed by atoms with E-state index in [2.05, 4.69) is 9.93 Å². The molecule has 7 nitrogen and oxygen atoms in total. The Kier molecular flexibility index (Phi) is 5.81. The highest BCUT2D eigenvalue weighted by Gasteiger charge is 2.14. The molecule has 0 unspecified atom stereocenters. The molecule has 0 bridgehead atoms. The molecule has 0 saturated carbocycles. The van der Waals surface area contributed by atoms with E-state index in [0.717, 1.165) is 24.3 Å². The smallest absolute Gasteiger partial charge is 0.276 e. The average molecular weight is 368 g/mol. The second-order valence-corrected chi connectivity index (χ2v) is 6.43. The van der Waals surface area contributed by atoms with Gasteiger partial charge in [-0.25, -0.2) is 9.22 Å². The highest BCUT2D eigenvalue weighted by atomic mass is 32.2. The number of nitrogens with zero attached hydrogens (tertiary/aromatic N) is 1. The molecule has 0 saturated heterocycles. The highest BCUT2D eigenvalue weighted by Crippen LogP contribution is 2.37. The summed E-state index contributed by atoms with van der Waals surface area (Å²) in [5.41, 5.74) is 0.524. The minimum absolute atomic E-state index is 0.101. The van der Waals surface area contributed by atoms with Crippen LogP contribution in [-0.4, -0.2) is 36.0 Å².